The van der Waals surface area contributed by atoms with Gasteiger partial charge in [0.1, 0.15) is 5.76 Å². The predicted molar refractivity (Wildman–Crippen MR) is 91.5 cm³/mol. The van der Waals surface area contributed by atoms with E-state index < -0.39 is 0 Å². The number of rotatable bonds is 4. The van der Waals surface area contributed by atoms with Crippen LogP contribution in [0.4, 0.5) is 0 Å². The van der Waals surface area contributed by atoms with E-state index in [1.54, 1.807) is 6.07 Å². The average molecular weight is 312 g/mol. The second-order valence-electron chi connectivity index (χ2n) is 7.23. The lowest BCUT2D eigenvalue weighted by molar-refractivity contribution is 0.0915. The molecule has 0 bridgehead atoms. The highest BCUT2D eigenvalue weighted by Gasteiger charge is 2.19. The third-order valence-corrected chi connectivity index (χ3v) is 4.28. The molecule has 0 saturated carbocycles. The monoisotopic (exact) mass is 312 g/mol. The topological polar surface area (TPSA) is 54.3 Å². The standard InChI is InChI=1S/C19H24N2O2/c1-19(2,3)15-6-4-14(5-7-15)16-8-9-17(23-16)18(22)21-12-13-10-20-11-13/h4-9,13,20H,10-12H2,1-3H3,(H,21,22). The van der Waals surface area contributed by atoms with E-state index in [0.29, 0.717) is 18.2 Å². The summed E-state index contributed by atoms with van der Waals surface area (Å²) in [5, 5.41) is 6.11. The Hall–Kier alpha value is -2.07. The predicted octanol–water partition coefficient (Wildman–Crippen LogP) is 3.19. The van der Waals surface area contributed by atoms with Crippen LogP contribution in [0.15, 0.2) is 40.8 Å². The van der Waals surface area contributed by atoms with E-state index in [2.05, 4.69) is 43.5 Å². The van der Waals surface area contributed by atoms with Gasteiger partial charge in [-0.2, -0.15) is 0 Å². The summed E-state index contributed by atoms with van der Waals surface area (Å²) in [6.07, 6.45) is 0. The van der Waals surface area contributed by atoms with E-state index in [1.807, 2.05) is 18.2 Å². The Balaban J connectivity index is 1.67. The van der Waals surface area contributed by atoms with Crippen LogP contribution in [0.3, 0.4) is 0 Å². The van der Waals surface area contributed by atoms with Crippen molar-refractivity contribution in [1.29, 1.82) is 0 Å². The maximum Gasteiger partial charge on any atom is 0.287 e. The van der Waals surface area contributed by atoms with Crippen molar-refractivity contribution in [2.75, 3.05) is 19.6 Å². The maximum atomic E-state index is 12.1. The summed E-state index contributed by atoms with van der Waals surface area (Å²) in [7, 11) is 0. The summed E-state index contributed by atoms with van der Waals surface area (Å²) in [6, 6.07) is 11.9. The first kappa shape index (κ1) is 15.8. The molecule has 4 heteroatoms. The number of benzene rings is 1. The zero-order valence-electron chi connectivity index (χ0n) is 14.0. The minimum Gasteiger partial charge on any atom is -0.451 e. The van der Waals surface area contributed by atoms with Gasteiger partial charge in [0, 0.05) is 31.1 Å². The van der Waals surface area contributed by atoms with Gasteiger partial charge >= 0.3 is 0 Å². The Morgan fingerprint density at radius 1 is 1.17 bits per heavy atom. The maximum absolute atomic E-state index is 12.1. The van der Waals surface area contributed by atoms with Gasteiger partial charge in [-0.3, -0.25) is 4.79 Å². The lowest BCUT2D eigenvalue weighted by atomic mass is 9.86. The lowest BCUT2D eigenvalue weighted by Crippen LogP contribution is -2.48. The van der Waals surface area contributed by atoms with Gasteiger partial charge in [0.25, 0.3) is 5.91 Å². The smallest absolute Gasteiger partial charge is 0.287 e. The zero-order valence-corrected chi connectivity index (χ0v) is 14.0. The van der Waals surface area contributed by atoms with Crippen molar-refractivity contribution in [1.82, 2.24) is 10.6 Å². The van der Waals surface area contributed by atoms with Gasteiger partial charge in [-0.1, -0.05) is 45.0 Å². The van der Waals surface area contributed by atoms with Crippen LogP contribution in [0.1, 0.15) is 36.9 Å². The van der Waals surface area contributed by atoms with Crippen LogP contribution in [0.5, 0.6) is 0 Å². The molecule has 0 aliphatic carbocycles. The molecular formula is C19H24N2O2. The van der Waals surface area contributed by atoms with Crippen LogP contribution in [0.25, 0.3) is 11.3 Å². The van der Waals surface area contributed by atoms with Crippen molar-refractivity contribution in [3.63, 3.8) is 0 Å². The van der Waals surface area contributed by atoms with Gasteiger partial charge < -0.3 is 15.1 Å². The van der Waals surface area contributed by atoms with E-state index in [9.17, 15) is 4.79 Å². The average Bonchev–Trinajstić information content (AvgIpc) is 2.94. The molecule has 1 amide bonds. The molecule has 2 heterocycles. The Bertz CT molecular complexity index is 676. The Labute approximate surface area is 137 Å². The molecule has 0 radical (unpaired) electrons. The number of carbonyl (C=O) groups excluding carboxylic acids is 1. The summed E-state index contributed by atoms with van der Waals surface area (Å²) in [6.45, 7) is 9.22. The molecular weight excluding hydrogens is 288 g/mol. The lowest BCUT2D eigenvalue weighted by Gasteiger charge is -2.26. The minimum absolute atomic E-state index is 0.128. The fourth-order valence-electron chi connectivity index (χ4n) is 2.57. The van der Waals surface area contributed by atoms with E-state index in [0.717, 1.165) is 24.4 Å². The van der Waals surface area contributed by atoms with Crippen molar-refractivity contribution in [3.05, 3.63) is 47.7 Å². The number of furan rings is 1. The highest BCUT2D eigenvalue weighted by Crippen LogP contribution is 2.27. The van der Waals surface area contributed by atoms with Crippen LogP contribution < -0.4 is 10.6 Å². The Morgan fingerprint density at radius 2 is 1.87 bits per heavy atom. The van der Waals surface area contributed by atoms with Gasteiger partial charge in [-0.25, -0.2) is 0 Å². The molecule has 1 fully saturated rings. The Morgan fingerprint density at radius 3 is 2.43 bits per heavy atom. The van der Waals surface area contributed by atoms with Gasteiger partial charge in [0.05, 0.1) is 0 Å². The van der Waals surface area contributed by atoms with Crippen LogP contribution in [0.2, 0.25) is 0 Å². The van der Waals surface area contributed by atoms with Gasteiger partial charge in [-0.15, -0.1) is 0 Å². The first-order valence-corrected chi connectivity index (χ1v) is 8.13. The number of amides is 1. The highest BCUT2D eigenvalue weighted by molar-refractivity contribution is 5.92. The number of carbonyl (C=O) groups is 1. The third kappa shape index (κ3) is 3.64. The molecule has 0 atom stereocenters. The Kier molecular flexibility index (Phi) is 4.26. The van der Waals surface area contributed by atoms with Crippen LogP contribution in [-0.4, -0.2) is 25.5 Å². The molecule has 1 aromatic carbocycles. The highest BCUT2D eigenvalue weighted by atomic mass is 16.3. The molecule has 23 heavy (non-hydrogen) atoms. The zero-order chi connectivity index (χ0) is 16.4. The summed E-state index contributed by atoms with van der Waals surface area (Å²) in [5.41, 5.74) is 2.39. The van der Waals surface area contributed by atoms with Crippen molar-refractivity contribution >= 4 is 5.91 Å². The quantitative estimate of drug-likeness (QED) is 0.911. The van der Waals surface area contributed by atoms with E-state index in [-0.39, 0.29) is 11.3 Å². The molecule has 0 spiro atoms. The number of nitrogens with one attached hydrogen (secondary N) is 2. The molecule has 1 aromatic heterocycles. The normalized spacial score (nSPS) is 15.3. The minimum atomic E-state index is -0.144. The largest absolute Gasteiger partial charge is 0.451 e. The summed E-state index contributed by atoms with van der Waals surface area (Å²) < 4.78 is 5.71. The van der Waals surface area contributed by atoms with Gasteiger partial charge in [-0.05, 0) is 23.1 Å². The molecule has 3 rings (SSSR count). The number of hydrogen-bond acceptors (Lipinski definition) is 3. The summed E-state index contributed by atoms with van der Waals surface area (Å²) in [4.78, 5) is 12.1. The van der Waals surface area contributed by atoms with Crippen molar-refractivity contribution < 1.29 is 9.21 Å². The molecule has 1 saturated heterocycles. The van der Waals surface area contributed by atoms with Gasteiger partial charge in [0.2, 0.25) is 0 Å². The third-order valence-electron chi connectivity index (χ3n) is 4.28. The summed E-state index contributed by atoms with van der Waals surface area (Å²) in [5.74, 6) is 1.49. The van der Waals surface area contributed by atoms with Crippen LogP contribution in [-0.2, 0) is 5.41 Å². The van der Waals surface area contributed by atoms with Crippen molar-refractivity contribution in [2.24, 2.45) is 5.92 Å². The molecule has 1 aliphatic rings. The molecule has 4 nitrogen and oxygen atoms in total. The first-order chi connectivity index (χ1) is 10.9. The molecule has 1 aliphatic heterocycles. The SMILES string of the molecule is CC(C)(C)c1ccc(-c2ccc(C(=O)NCC3CNC3)o2)cc1. The fraction of sp³-hybridized carbons (Fsp3) is 0.421. The second-order valence-corrected chi connectivity index (χ2v) is 7.23. The van der Waals surface area contributed by atoms with Gasteiger partial charge in [0.15, 0.2) is 5.76 Å². The number of hydrogen-bond donors (Lipinski definition) is 2. The molecule has 2 N–H and O–H groups in total. The molecule has 0 unspecified atom stereocenters. The van der Waals surface area contributed by atoms with Crippen LogP contribution in [0, 0.1) is 5.92 Å². The molecule has 122 valence electrons. The first-order valence-electron chi connectivity index (χ1n) is 8.13. The van der Waals surface area contributed by atoms with Crippen molar-refractivity contribution in [2.45, 2.75) is 26.2 Å². The van der Waals surface area contributed by atoms with Crippen molar-refractivity contribution in [3.8, 4) is 11.3 Å². The summed E-state index contributed by atoms with van der Waals surface area (Å²) >= 11 is 0. The second kappa shape index (κ2) is 6.20. The fourth-order valence-corrected chi connectivity index (χ4v) is 2.57. The van der Waals surface area contributed by atoms with E-state index >= 15 is 0 Å². The van der Waals surface area contributed by atoms with E-state index in [4.69, 9.17) is 4.42 Å². The molecule has 2 aromatic rings. The van der Waals surface area contributed by atoms with Crippen LogP contribution >= 0.6 is 0 Å². The van der Waals surface area contributed by atoms with E-state index in [1.165, 1.54) is 5.56 Å².